The molecule has 1 amide bonds. The van der Waals surface area contributed by atoms with Crippen molar-refractivity contribution in [1.29, 1.82) is 0 Å². The Balaban J connectivity index is 1.42. The highest BCUT2D eigenvalue weighted by Crippen LogP contribution is 2.37. The van der Waals surface area contributed by atoms with Crippen molar-refractivity contribution in [2.45, 2.75) is 57.3 Å². The van der Waals surface area contributed by atoms with Crippen LogP contribution in [0, 0.1) is 12.3 Å². The second-order valence-corrected chi connectivity index (χ2v) is 5.45. The number of amides is 1. The third kappa shape index (κ3) is 3.10. The zero-order chi connectivity index (χ0) is 14.7. The van der Waals surface area contributed by atoms with E-state index in [1.807, 2.05) is 0 Å². The molecule has 0 bridgehead atoms. The molecule has 110 valence electrons. The van der Waals surface area contributed by atoms with Crippen molar-refractivity contribution in [3.63, 3.8) is 0 Å². The van der Waals surface area contributed by atoms with E-state index in [1.165, 1.54) is 0 Å². The molecule has 0 saturated heterocycles. The van der Waals surface area contributed by atoms with Crippen LogP contribution in [0.5, 0.6) is 0 Å². The highest BCUT2D eigenvalue weighted by molar-refractivity contribution is 5.75. The lowest BCUT2D eigenvalue weighted by atomic mass is 10.0. The molecular weight excluding hydrogens is 268 g/mol. The van der Waals surface area contributed by atoms with E-state index in [9.17, 15) is 4.79 Å². The number of terminal acetylenes is 1. The quantitative estimate of drug-likeness (QED) is 0.764. The van der Waals surface area contributed by atoms with Gasteiger partial charge < -0.3 is 9.88 Å². The van der Waals surface area contributed by atoms with Gasteiger partial charge in [-0.1, -0.05) is 0 Å². The second kappa shape index (κ2) is 5.64. The van der Waals surface area contributed by atoms with Crippen molar-refractivity contribution >= 4 is 5.91 Å². The summed E-state index contributed by atoms with van der Waals surface area (Å²) >= 11 is 0. The van der Waals surface area contributed by atoms with Gasteiger partial charge in [-0.2, -0.15) is 10.2 Å². The van der Waals surface area contributed by atoms with Crippen LogP contribution >= 0.6 is 0 Å². The minimum Gasteiger partial charge on any atom is -0.349 e. The maximum absolute atomic E-state index is 11.9. The summed E-state index contributed by atoms with van der Waals surface area (Å²) in [6, 6.07) is 0. The number of aromatic nitrogens is 3. The molecule has 0 aromatic carbocycles. The predicted molar refractivity (Wildman–Crippen MR) is 75.1 cm³/mol. The number of nitrogens with zero attached hydrogens (tertiary/aromatic N) is 5. The molecule has 0 radical (unpaired) electrons. The number of carbonyl (C=O) groups is 1. The Labute approximate surface area is 123 Å². The van der Waals surface area contributed by atoms with Gasteiger partial charge in [-0.25, -0.2) is 0 Å². The normalized spacial score (nSPS) is 17.3. The zero-order valence-electron chi connectivity index (χ0n) is 11.9. The standard InChI is InChI=1S/C14H18N6O/c1-2-3-7-14(18-19-14)8-6-13(21)15-10-12-17-16-11-5-4-9-20(11)12/h1H,3-10H2,(H,15,21). The van der Waals surface area contributed by atoms with E-state index < -0.39 is 0 Å². The maximum Gasteiger partial charge on any atom is 0.220 e. The molecule has 7 heteroatoms. The van der Waals surface area contributed by atoms with Gasteiger partial charge in [0.05, 0.1) is 6.54 Å². The summed E-state index contributed by atoms with van der Waals surface area (Å²) in [6.07, 6.45) is 9.71. The molecule has 1 aromatic heterocycles. The maximum atomic E-state index is 11.9. The monoisotopic (exact) mass is 286 g/mol. The van der Waals surface area contributed by atoms with Gasteiger partial charge in [-0.3, -0.25) is 4.79 Å². The molecule has 1 N–H and O–H groups in total. The van der Waals surface area contributed by atoms with E-state index in [-0.39, 0.29) is 11.6 Å². The van der Waals surface area contributed by atoms with Gasteiger partial charge in [0.1, 0.15) is 5.82 Å². The smallest absolute Gasteiger partial charge is 0.220 e. The topological polar surface area (TPSA) is 84.5 Å². The number of nitrogens with one attached hydrogen (secondary N) is 1. The van der Waals surface area contributed by atoms with E-state index in [2.05, 4.69) is 36.2 Å². The molecule has 0 aliphatic carbocycles. The number of hydrogen-bond donors (Lipinski definition) is 1. The number of fused-ring (bicyclic) bond motifs is 1. The number of hydrogen-bond acceptors (Lipinski definition) is 5. The molecule has 3 rings (SSSR count). The van der Waals surface area contributed by atoms with Gasteiger partial charge in [0.25, 0.3) is 0 Å². The molecule has 0 spiro atoms. The third-order valence-electron chi connectivity index (χ3n) is 3.93. The zero-order valence-corrected chi connectivity index (χ0v) is 11.9. The summed E-state index contributed by atoms with van der Waals surface area (Å²) in [4.78, 5) is 11.9. The summed E-state index contributed by atoms with van der Waals surface area (Å²) in [5.74, 6) is 4.42. The van der Waals surface area contributed by atoms with Crippen molar-refractivity contribution in [2.24, 2.45) is 10.2 Å². The molecule has 2 aliphatic heterocycles. The first-order valence-electron chi connectivity index (χ1n) is 7.28. The lowest BCUT2D eigenvalue weighted by molar-refractivity contribution is -0.121. The van der Waals surface area contributed by atoms with E-state index in [0.717, 1.165) is 37.5 Å². The van der Waals surface area contributed by atoms with E-state index in [4.69, 9.17) is 6.42 Å². The fourth-order valence-corrected chi connectivity index (χ4v) is 2.59. The average molecular weight is 286 g/mol. The van der Waals surface area contributed by atoms with E-state index >= 15 is 0 Å². The fourth-order valence-electron chi connectivity index (χ4n) is 2.59. The Morgan fingerprint density at radius 1 is 1.38 bits per heavy atom. The summed E-state index contributed by atoms with van der Waals surface area (Å²) in [5.41, 5.74) is -0.389. The highest BCUT2D eigenvalue weighted by atomic mass is 16.1. The molecule has 7 nitrogen and oxygen atoms in total. The summed E-state index contributed by atoms with van der Waals surface area (Å²) in [7, 11) is 0. The van der Waals surface area contributed by atoms with Crippen molar-refractivity contribution in [3.8, 4) is 12.3 Å². The van der Waals surface area contributed by atoms with Crippen LogP contribution in [0.25, 0.3) is 0 Å². The molecule has 3 heterocycles. The molecule has 21 heavy (non-hydrogen) atoms. The van der Waals surface area contributed by atoms with Crippen molar-refractivity contribution in [1.82, 2.24) is 20.1 Å². The Hall–Kier alpha value is -2.23. The molecule has 2 aliphatic rings. The van der Waals surface area contributed by atoms with Gasteiger partial charge in [0.15, 0.2) is 11.5 Å². The number of rotatable bonds is 7. The molecule has 0 unspecified atom stereocenters. The summed E-state index contributed by atoms with van der Waals surface area (Å²) in [6.45, 7) is 1.37. The highest BCUT2D eigenvalue weighted by Gasteiger charge is 2.39. The van der Waals surface area contributed by atoms with E-state index in [1.54, 1.807) is 0 Å². The van der Waals surface area contributed by atoms with Crippen LogP contribution in [0.3, 0.4) is 0 Å². The summed E-state index contributed by atoms with van der Waals surface area (Å²) in [5, 5.41) is 19.2. The van der Waals surface area contributed by atoms with Gasteiger partial charge in [0, 0.05) is 38.6 Å². The van der Waals surface area contributed by atoms with E-state index in [0.29, 0.717) is 25.8 Å². The van der Waals surface area contributed by atoms with Crippen LogP contribution in [0.2, 0.25) is 0 Å². The Kier molecular flexibility index (Phi) is 3.69. The minimum atomic E-state index is -0.389. The Morgan fingerprint density at radius 3 is 3.00 bits per heavy atom. The SMILES string of the molecule is C#CCCC1(CCC(=O)NCc2nnc3n2CCC3)N=N1. The van der Waals surface area contributed by atoms with Crippen molar-refractivity contribution < 1.29 is 4.79 Å². The predicted octanol–water partition coefficient (Wildman–Crippen LogP) is 1.20. The second-order valence-electron chi connectivity index (χ2n) is 5.45. The summed E-state index contributed by atoms with van der Waals surface area (Å²) < 4.78 is 2.08. The van der Waals surface area contributed by atoms with Crippen LogP contribution in [0.1, 0.15) is 43.8 Å². The van der Waals surface area contributed by atoms with Crippen LogP contribution in [0.15, 0.2) is 10.2 Å². The Bertz CT molecular complexity index is 605. The molecule has 0 fully saturated rings. The first kappa shape index (κ1) is 13.7. The van der Waals surface area contributed by atoms with Gasteiger partial charge in [0.2, 0.25) is 5.91 Å². The van der Waals surface area contributed by atoms with Crippen molar-refractivity contribution in [3.05, 3.63) is 11.6 Å². The molecular formula is C14H18N6O. The number of carbonyl (C=O) groups excluding carboxylic acids is 1. The lowest BCUT2D eigenvalue weighted by Gasteiger charge is -2.09. The largest absolute Gasteiger partial charge is 0.349 e. The number of aryl methyl sites for hydroxylation is 1. The van der Waals surface area contributed by atoms with Crippen LogP contribution in [0.4, 0.5) is 0 Å². The fraction of sp³-hybridized carbons (Fsp3) is 0.643. The van der Waals surface area contributed by atoms with Crippen LogP contribution in [-0.2, 0) is 24.3 Å². The van der Waals surface area contributed by atoms with Gasteiger partial charge in [-0.05, 0) is 6.42 Å². The first-order chi connectivity index (χ1) is 10.2. The van der Waals surface area contributed by atoms with Gasteiger partial charge in [-0.15, -0.1) is 22.5 Å². The minimum absolute atomic E-state index is 0.0114. The molecule has 0 saturated carbocycles. The lowest BCUT2D eigenvalue weighted by Crippen LogP contribution is -2.26. The Morgan fingerprint density at radius 2 is 2.24 bits per heavy atom. The van der Waals surface area contributed by atoms with Gasteiger partial charge >= 0.3 is 0 Å². The van der Waals surface area contributed by atoms with Crippen LogP contribution in [-0.4, -0.2) is 26.3 Å². The molecule has 1 aromatic rings. The average Bonchev–Trinajstić information content (AvgIpc) is 2.92. The van der Waals surface area contributed by atoms with Crippen LogP contribution < -0.4 is 5.32 Å². The molecule has 0 atom stereocenters. The first-order valence-corrected chi connectivity index (χ1v) is 7.28. The third-order valence-corrected chi connectivity index (χ3v) is 3.93. The van der Waals surface area contributed by atoms with Crippen molar-refractivity contribution in [2.75, 3.05) is 0 Å².